The van der Waals surface area contributed by atoms with Gasteiger partial charge in [-0.15, -0.1) is 11.3 Å². The van der Waals surface area contributed by atoms with Crippen LogP contribution in [0.25, 0.3) is 4.96 Å². The van der Waals surface area contributed by atoms with Crippen molar-refractivity contribution in [3.63, 3.8) is 0 Å². The van der Waals surface area contributed by atoms with E-state index in [9.17, 15) is 4.79 Å². The first-order chi connectivity index (χ1) is 11.5. The summed E-state index contributed by atoms with van der Waals surface area (Å²) < 4.78 is 8.88. The Hall–Kier alpha value is -2.19. The maximum absolute atomic E-state index is 12.9. The molecule has 0 saturated carbocycles. The molecule has 3 rings (SSSR count). The van der Waals surface area contributed by atoms with Crippen LogP contribution in [0.2, 0.25) is 0 Å². The molecule has 0 fully saturated rings. The summed E-state index contributed by atoms with van der Waals surface area (Å²) >= 11 is 1.51. The lowest BCUT2D eigenvalue weighted by molar-refractivity contribution is 0.0674. The molecule has 3 heterocycles. The molecule has 0 aliphatic carbocycles. The van der Waals surface area contributed by atoms with Gasteiger partial charge >= 0.3 is 0 Å². The fraction of sp³-hybridized carbons (Fsp3) is 0.438. The largest absolute Gasteiger partial charge is 0.383 e. The number of nitrogens with zero attached hydrogens (tertiary/aromatic N) is 5. The second-order valence-electron chi connectivity index (χ2n) is 5.71. The van der Waals surface area contributed by atoms with Gasteiger partial charge in [0, 0.05) is 56.3 Å². The van der Waals surface area contributed by atoms with Gasteiger partial charge in [-0.3, -0.25) is 13.9 Å². The molecule has 0 unspecified atom stereocenters. The predicted octanol–water partition coefficient (Wildman–Crippen LogP) is 2.03. The third-order valence-corrected chi connectivity index (χ3v) is 4.94. The van der Waals surface area contributed by atoms with Gasteiger partial charge in [0.05, 0.1) is 12.3 Å². The van der Waals surface area contributed by atoms with Crippen molar-refractivity contribution in [3.05, 3.63) is 40.4 Å². The maximum atomic E-state index is 12.9. The van der Waals surface area contributed by atoms with E-state index in [1.165, 1.54) is 11.3 Å². The first kappa shape index (κ1) is 16.7. The van der Waals surface area contributed by atoms with Crippen LogP contribution in [-0.2, 0) is 18.3 Å². The van der Waals surface area contributed by atoms with Crippen molar-refractivity contribution in [2.75, 3.05) is 20.3 Å². The van der Waals surface area contributed by atoms with E-state index < -0.39 is 0 Å². The second-order valence-corrected chi connectivity index (χ2v) is 6.58. The van der Waals surface area contributed by atoms with Crippen molar-refractivity contribution in [1.29, 1.82) is 0 Å². The summed E-state index contributed by atoms with van der Waals surface area (Å²) in [5.41, 5.74) is 3.53. The number of aryl methyl sites for hydroxylation is 2. The highest BCUT2D eigenvalue weighted by Crippen LogP contribution is 2.18. The van der Waals surface area contributed by atoms with E-state index in [0.29, 0.717) is 25.4 Å². The molecule has 3 aromatic rings. The number of ether oxygens (including phenoxy) is 1. The number of fused-ring (bicyclic) bond motifs is 1. The van der Waals surface area contributed by atoms with Crippen LogP contribution in [0, 0.1) is 13.8 Å². The lowest BCUT2D eigenvalue weighted by Crippen LogP contribution is -2.34. The molecule has 0 spiro atoms. The molecule has 0 aliphatic rings. The molecule has 0 aromatic carbocycles. The van der Waals surface area contributed by atoms with E-state index in [-0.39, 0.29) is 5.91 Å². The molecule has 0 atom stereocenters. The Kier molecular flexibility index (Phi) is 4.68. The fourth-order valence-electron chi connectivity index (χ4n) is 2.68. The molecule has 24 heavy (non-hydrogen) atoms. The Morgan fingerprint density at radius 1 is 1.42 bits per heavy atom. The molecule has 0 radical (unpaired) electrons. The SMILES string of the molecule is COCCN(Cc1c(C)nn(C)c1C)C(=O)c1cn2ccsc2n1. The number of aromatic nitrogens is 4. The lowest BCUT2D eigenvalue weighted by atomic mass is 10.1. The zero-order chi connectivity index (χ0) is 17.3. The zero-order valence-electron chi connectivity index (χ0n) is 14.3. The highest BCUT2D eigenvalue weighted by molar-refractivity contribution is 7.15. The van der Waals surface area contributed by atoms with Gasteiger partial charge in [0.15, 0.2) is 4.96 Å². The summed E-state index contributed by atoms with van der Waals surface area (Å²) in [5, 5.41) is 6.38. The van der Waals surface area contributed by atoms with Crippen molar-refractivity contribution in [2.45, 2.75) is 20.4 Å². The Morgan fingerprint density at radius 2 is 2.21 bits per heavy atom. The average molecular weight is 347 g/mol. The summed E-state index contributed by atoms with van der Waals surface area (Å²) in [6.45, 7) is 5.47. The zero-order valence-corrected chi connectivity index (χ0v) is 15.1. The molecule has 128 valence electrons. The summed E-state index contributed by atoms with van der Waals surface area (Å²) in [6, 6.07) is 0. The molecule has 0 bridgehead atoms. The van der Waals surface area contributed by atoms with E-state index in [1.54, 1.807) is 18.2 Å². The highest BCUT2D eigenvalue weighted by Gasteiger charge is 2.22. The van der Waals surface area contributed by atoms with Crippen LogP contribution in [0.15, 0.2) is 17.8 Å². The number of carbonyl (C=O) groups excluding carboxylic acids is 1. The molecular formula is C16H21N5O2S. The number of carbonyl (C=O) groups is 1. The Bertz CT molecular complexity index is 835. The van der Waals surface area contributed by atoms with E-state index >= 15 is 0 Å². The van der Waals surface area contributed by atoms with Gasteiger partial charge in [0.1, 0.15) is 5.69 Å². The smallest absolute Gasteiger partial charge is 0.274 e. The van der Waals surface area contributed by atoms with Crippen LogP contribution in [0.5, 0.6) is 0 Å². The second kappa shape index (κ2) is 6.74. The lowest BCUT2D eigenvalue weighted by Gasteiger charge is -2.21. The van der Waals surface area contributed by atoms with Crippen LogP contribution < -0.4 is 0 Å². The van der Waals surface area contributed by atoms with Gasteiger partial charge in [0.2, 0.25) is 0 Å². The molecule has 0 saturated heterocycles. The van der Waals surface area contributed by atoms with Crippen LogP contribution in [0.1, 0.15) is 27.4 Å². The Morgan fingerprint density at radius 3 is 2.83 bits per heavy atom. The minimum absolute atomic E-state index is 0.0920. The molecule has 8 heteroatoms. The van der Waals surface area contributed by atoms with Gasteiger partial charge < -0.3 is 9.64 Å². The third-order valence-electron chi connectivity index (χ3n) is 4.17. The minimum atomic E-state index is -0.0920. The molecular weight excluding hydrogens is 326 g/mol. The Balaban J connectivity index is 1.87. The number of hydrogen-bond donors (Lipinski definition) is 0. The van der Waals surface area contributed by atoms with Crippen molar-refractivity contribution in [3.8, 4) is 0 Å². The van der Waals surface area contributed by atoms with Gasteiger partial charge in [0.25, 0.3) is 5.91 Å². The van der Waals surface area contributed by atoms with Crippen molar-refractivity contribution >= 4 is 22.2 Å². The predicted molar refractivity (Wildman–Crippen MR) is 92.4 cm³/mol. The number of methoxy groups -OCH3 is 1. The number of imidazole rings is 1. The van der Waals surface area contributed by atoms with Gasteiger partial charge in [-0.2, -0.15) is 5.10 Å². The Labute approximate surface area is 144 Å². The van der Waals surface area contributed by atoms with E-state index in [2.05, 4.69) is 10.1 Å². The third kappa shape index (κ3) is 3.07. The molecule has 3 aromatic heterocycles. The molecule has 1 amide bonds. The fourth-order valence-corrected chi connectivity index (χ4v) is 3.38. The molecule has 0 N–H and O–H groups in total. The van der Waals surface area contributed by atoms with Crippen LogP contribution in [0.4, 0.5) is 0 Å². The van der Waals surface area contributed by atoms with E-state index in [0.717, 1.165) is 21.9 Å². The van der Waals surface area contributed by atoms with Crippen LogP contribution >= 0.6 is 11.3 Å². The molecule has 0 aliphatic heterocycles. The van der Waals surface area contributed by atoms with Gasteiger partial charge in [-0.1, -0.05) is 0 Å². The summed E-state index contributed by atoms with van der Waals surface area (Å²) in [4.78, 5) is 19.9. The normalized spacial score (nSPS) is 11.3. The van der Waals surface area contributed by atoms with Crippen LogP contribution in [-0.4, -0.2) is 50.2 Å². The summed E-state index contributed by atoms with van der Waals surface area (Å²) in [6.07, 6.45) is 3.68. The topological polar surface area (TPSA) is 64.7 Å². The first-order valence-electron chi connectivity index (χ1n) is 7.70. The van der Waals surface area contributed by atoms with Crippen molar-refractivity contribution < 1.29 is 9.53 Å². The van der Waals surface area contributed by atoms with Gasteiger partial charge in [-0.05, 0) is 13.8 Å². The van der Waals surface area contributed by atoms with E-state index in [1.807, 2.05) is 41.6 Å². The van der Waals surface area contributed by atoms with Crippen LogP contribution in [0.3, 0.4) is 0 Å². The number of rotatable bonds is 6. The van der Waals surface area contributed by atoms with Crippen molar-refractivity contribution in [1.82, 2.24) is 24.1 Å². The van der Waals surface area contributed by atoms with Crippen molar-refractivity contribution in [2.24, 2.45) is 7.05 Å². The average Bonchev–Trinajstić information content (AvgIpc) is 3.20. The number of thiazole rings is 1. The quantitative estimate of drug-likeness (QED) is 0.684. The number of amides is 1. The summed E-state index contributed by atoms with van der Waals surface area (Å²) in [7, 11) is 3.55. The van der Waals surface area contributed by atoms with Gasteiger partial charge in [-0.25, -0.2) is 4.98 Å². The monoisotopic (exact) mass is 347 g/mol. The summed E-state index contributed by atoms with van der Waals surface area (Å²) in [5.74, 6) is -0.0920. The van der Waals surface area contributed by atoms with E-state index in [4.69, 9.17) is 4.74 Å². The minimum Gasteiger partial charge on any atom is -0.383 e. The highest BCUT2D eigenvalue weighted by atomic mass is 32.1. The number of hydrogen-bond acceptors (Lipinski definition) is 5. The maximum Gasteiger partial charge on any atom is 0.274 e. The standard InChI is InChI=1S/C16H21N5O2S/c1-11-13(12(2)19(3)18-11)9-20(5-7-23-4)15(22)14-10-21-6-8-24-16(21)17-14/h6,8,10H,5,7,9H2,1-4H3. The first-order valence-corrected chi connectivity index (χ1v) is 8.58. The molecule has 7 nitrogen and oxygen atoms in total.